The number of aliphatic hydroxyl groups excluding tert-OH is 1. The van der Waals surface area contributed by atoms with Crippen molar-refractivity contribution in [2.75, 3.05) is 52.7 Å². The molecule has 0 spiro atoms. The van der Waals surface area contributed by atoms with Gasteiger partial charge in [-0.25, -0.2) is 0 Å². The molecule has 1 heterocycles. The molecule has 8 nitrogen and oxygen atoms in total. The van der Waals surface area contributed by atoms with E-state index in [1.807, 2.05) is 31.2 Å². The molecule has 0 radical (unpaired) electrons. The second kappa shape index (κ2) is 15.2. The van der Waals surface area contributed by atoms with Gasteiger partial charge in [-0.15, -0.1) is 0 Å². The second-order valence-electron chi connectivity index (χ2n) is 9.45. The molecule has 1 unspecified atom stereocenters. The standard InChI is InChI=1S/C26H42N2O6/c1-20(16-28-26(30)22-10-12-31-13-11-22)27-17-23(29)19-34-25-8-6-24(7-9-25)33-15-14-32-18-21-4-2-3-5-21/h6-9,20-23,27,29H,2-5,10-19H2,1H3,(H,28,30)/t20?,23-/m0/s1. The Kier molecular flexibility index (Phi) is 11.9. The highest BCUT2D eigenvalue weighted by Gasteiger charge is 2.21. The van der Waals surface area contributed by atoms with Gasteiger partial charge in [-0.05, 0) is 62.8 Å². The van der Waals surface area contributed by atoms with E-state index in [-0.39, 0.29) is 24.5 Å². The Labute approximate surface area is 203 Å². The van der Waals surface area contributed by atoms with Crippen LogP contribution in [0.4, 0.5) is 0 Å². The second-order valence-corrected chi connectivity index (χ2v) is 9.45. The first-order valence-electron chi connectivity index (χ1n) is 12.8. The summed E-state index contributed by atoms with van der Waals surface area (Å²) in [5, 5.41) is 16.4. The van der Waals surface area contributed by atoms with Crippen molar-refractivity contribution in [1.29, 1.82) is 0 Å². The van der Waals surface area contributed by atoms with Crippen LogP contribution in [0.3, 0.4) is 0 Å². The molecule has 2 fully saturated rings. The number of benzene rings is 1. The van der Waals surface area contributed by atoms with Crippen molar-refractivity contribution in [3.63, 3.8) is 0 Å². The summed E-state index contributed by atoms with van der Waals surface area (Å²) in [7, 11) is 0. The van der Waals surface area contributed by atoms with E-state index < -0.39 is 6.10 Å². The normalized spacial score (nSPS) is 19.0. The lowest BCUT2D eigenvalue weighted by atomic mass is 9.99. The Hall–Kier alpha value is -1.87. The van der Waals surface area contributed by atoms with Crippen LogP contribution < -0.4 is 20.1 Å². The summed E-state index contributed by atoms with van der Waals surface area (Å²) in [6, 6.07) is 7.45. The van der Waals surface area contributed by atoms with Gasteiger partial charge in [-0.3, -0.25) is 4.79 Å². The van der Waals surface area contributed by atoms with Crippen LogP contribution in [0, 0.1) is 11.8 Å². The number of aliphatic hydroxyl groups is 1. The molecule has 1 aromatic carbocycles. The van der Waals surface area contributed by atoms with Gasteiger partial charge in [0.1, 0.15) is 30.8 Å². The molecule has 1 aromatic rings. The molecule has 0 aromatic heterocycles. The molecule has 0 bridgehead atoms. The van der Waals surface area contributed by atoms with Crippen LogP contribution in [0.15, 0.2) is 24.3 Å². The fourth-order valence-corrected chi connectivity index (χ4v) is 4.30. The summed E-state index contributed by atoms with van der Waals surface area (Å²) in [5.41, 5.74) is 0. The molecular weight excluding hydrogens is 436 g/mol. The van der Waals surface area contributed by atoms with E-state index in [4.69, 9.17) is 18.9 Å². The van der Waals surface area contributed by atoms with Crippen LogP contribution in [0.1, 0.15) is 45.4 Å². The summed E-state index contributed by atoms with van der Waals surface area (Å²) in [6.07, 6.45) is 6.17. The van der Waals surface area contributed by atoms with Crippen LogP contribution in [0.25, 0.3) is 0 Å². The molecule has 2 aliphatic rings. The molecule has 8 heteroatoms. The minimum atomic E-state index is -0.651. The van der Waals surface area contributed by atoms with E-state index in [0.717, 1.165) is 31.1 Å². The fraction of sp³-hybridized carbons (Fsp3) is 0.731. The van der Waals surface area contributed by atoms with Crippen LogP contribution in [0.5, 0.6) is 11.5 Å². The highest BCUT2D eigenvalue weighted by atomic mass is 16.5. The Morgan fingerprint density at radius 2 is 1.71 bits per heavy atom. The lowest BCUT2D eigenvalue weighted by Gasteiger charge is -2.23. The molecule has 1 amide bonds. The lowest BCUT2D eigenvalue weighted by molar-refractivity contribution is -0.127. The largest absolute Gasteiger partial charge is 0.491 e. The maximum absolute atomic E-state index is 12.2. The third-order valence-corrected chi connectivity index (χ3v) is 6.47. The molecule has 3 rings (SSSR count). The first kappa shape index (κ1) is 26.7. The monoisotopic (exact) mass is 478 g/mol. The van der Waals surface area contributed by atoms with Crippen molar-refractivity contribution in [3.8, 4) is 11.5 Å². The smallest absolute Gasteiger partial charge is 0.223 e. The van der Waals surface area contributed by atoms with Crippen molar-refractivity contribution in [3.05, 3.63) is 24.3 Å². The average Bonchev–Trinajstić information content (AvgIpc) is 3.39. The number of hydrogen-bond donors (Lipinski definition) is 3. The first-order chi connectivity index (χ1) is 16.6. The van der Waals surface area contributed by atoms with Crippen molar-refractivity contribution in [2.45, 2.75) is 57.6 Å². The number of hydrogen-bond acceptors (Lipinski definition) is 7. The quantitative estimate of drug-likeness (QED) is 0.333. The summed E-state index contributed by atoms with van der Waals surface area (Å²) >= 11 is 0. The maximum Gasteiger partial charge on any atom is 0.223 e. The minimum absolute atomic E-state index is 0.0478. The zero-order valence-corrected chi connectivity index (χ0v) is 20.5. The van der Waals surface area contributed by atoms with Crippen molar-refractivity contribution >= 4 is 5.91 Å². The van der Waals surface area contributed by atoms with Crippen LogP contribution in [-0.2, 0) is 14.3 Å². The summed E-state index contributed by atoms with van der Waals surface area (Å²) in [6.45, 7) is 6.37. The van der Waals surface area contributed by atoms with Gasteiger partial charge < -0.3 is 34.7 Å². The molecule has 1 aliphatic heterocycles. The summed E-state index contributed by atoms with van der Waals surface area (Å²) in [5.74, 6) is 2.32. The van der Waals surface area contributed by atoms with Gasteiger partial charge in [-0.2, -0.15) is 0 Å². The summed E-state index contributed by atoms with van der Waals surface area (Å²) in [4.78, 5) is 12.2. The van der Waals surface area contributed by atoms with Crippen molar-refractivity contribution in [2.24, 2.45) is 11.8 Å². The van der Waals surface area contributed by atoms with Crippen LogP contribution in [-0.4, -0.2) is 75.9 Å². The number of nitrogens with one attached hydrogen (secondary N) is 2. The lowest BCUT2D eigenvalue weighted by Crippen LogP contribution is -2.44. The van der Waals surface area contributed by atoms with Gasteiger partial charge in [0.2, 0.25) is 5.91 Å². The van der Waals surface area contributed by atoms with Gasteiger partial charge in [-0.1, -0.05) is 12.8 Å². The summed E-state index contributed by atoms with van der Waals surface area (Å²) < 4.78 is 22.4. The van der Waals surface area contributed by atoms with E-state index in [1.54, 1.807) is 0 Å². The van der Waals surface area contributed by atoms with E-state index in [2.05, 4.69) is 10.6 Å². The molecule has 34 heavy (non-hydrogen) atoms. The Bertz CT molecular complexity index is 689. The number of carbonyl (C=O) groups excluding carboxylic acids is 1. The van der Waals surface area contributed by atoms with E-state index in [0.29, 0.717) is 45.3 Å². The van der Waals surface area contributed by atoms with Crippen molar-refractivity contribution < 1.29 is 28.8 Å². The Balaban J connectivity index is 1.21. The molecule has 1 aliphatic carbocycles. The number of rotatable bonds is 15. The highest BCUT2D eigenvalue weighted by Crippen LogP contribution is 2.24. The van der Waals surface area contributed by atoms with E-state index in [9.17, 15) is 9.90 Å². The Morgan fingerprint density at radius 1 is 1.03 bits per heavy atom. The predicted octanol–water partition coefficient (Wildman–Crippen LogP) is 2.53. The average molecular weight is 479 g/mol. The first-order valence-corrected chi connectivity index (χ1v) is 12.8. The molecule has 3 N–H and O–H groups in total. The third kappa shape index (κ3) is 10.2. The molecule has 192 valence electrons. The van der Waals surface area contributed by atoms with Crippen LogP contribution in [0.2, 0.25) is 0 Å². The molecule has 1 saturated carbocycles. The van der Waals surface area contributed by atoms with Gasteiger partial charge in [0.15, 0.2) is 0 Å². The highest BCUT2D eigenvalue weighted by molar-refractivity contribution is 5.78. The van der Waals surface area contributed by atoms with Gasteiger partial charge in [0, 0.05) is 44.9 Å². The van der Waals surface area contributed by atoms with E-state index in [1.165, 1.54) is 25.7 Å². The number of ether oxygens (including phenoxy) is 4. The maximum atomic E-state index is 12.2. The SMILES string of the molecule is CC(CNC(=O)C1CCOCC1)NC[C@H](O)COc1ccc(OCCOCC2CCCC2)cc1. The zero-order chi connectivity index (χ0) is 24.0. The molecule has 2 atom stereocenters. The van der Waals surface area contributed by atoms with Crippen molar-refractivity contribution in [1.82, 2.24) is 10.6 Å². The van der Waals surface area contributed by atoms with Gasteiger partial charge in [0.05, 0.1) is 6.61 Å². The fourth-order valence-electron chi connectivity index (χ4n) is 4.30. The van der Waals surface area contributed by atoms with Gasteiger partial charge >= 0.3 is 0 Å². The molecular formula is C26H42N2O6. The number of carbonyl (C=O) groups is 1. The molecule has 1 saturated heterocycles. The number of amides is 1. The Morgan fingerprint density at radius 3 is 2.41 bits per heavy atom. The topological polar surface area (TPSA) is 98.3 Å². The van der Waals surface area contributed by atoms with Gasteiger partial charge in [0.25, 0.3) is 0 Å². The van der Waals surface area contributed by atoms with Crippen LogP contribution >= 0.6 is 0 Å². The zero-order valence-electron chi connectivity index (χ0n) is 20.5. The minimum Gasteiger partial charge on any atom is -0.491 e. The third-order valence-electron chi connectivity index (χ3n) is 6.47. The predicted molar refractivity (Wildman–Crippen MR) is 130 cm³/mol. The van der Waals surface area contributed by atoms with E-state index >= 15 is 0 Å².